The van der Waals surface area contributed by atoms with Crippen molar-refractivity contribution >= 4 is 5.91 Å². The number of para-hydroxylation sites is 2. The highest BCUT2D eigenvalue weighted by atomic mass is 19.1. The third-order valence-corrected chi connectivity index (χ3v) is 3.40. The molecule has 0 atom stereocenters. The lowest BCUT2D eigenvalue weighted by Gasteiger charge is -2.10. The van der Waals surface area contributed by atoms with E-state index in [1.807, 2.05) is 12.1 Å². The van der Waals surface area contributed by atoms with Crippen molar-refractivity contribution < 1.29 is 23.4 Å². The van der Waals surface area contributed by atoms with Crippen LogP contribution in [-0.4, -0.2) is 32.8 Å². The van der Waals surface area contributed by atoms with E-state index in [1.165, 1.54) is 12.1 Å². The van der Waals surface area contributed by atoms with Gasteiger partial charge in [-0.15, -0.1) is 0 Å². The molecule has 0 aliphatic carbocycles. The van der Waals surface area contributed by atoms with Gasteiger partial charge in [-0.3, -0.25) is 4.79 Å². The maximum absolute atomic E-state index is 12.8. The first kappa shape index (κ1) is 18.6. The van der Waals surface area contributed by atoms with Gasteiger partial charge in [0.2, 0.25) is 0 Å². The standard InChI is InChI=1S/C19H22FNO4/c1-23-17-6-2-3-7-18(17)25-14-19(22)21-12-4-5-13-24-16-10-8-15(20)9-11-16/h2-3,6-11H,4-5,12-14H2,1H3,(H,21,22). The number of ether oxygens (including phenoxy) is 3. The van der Waals surface area contributed by atoms with Gasteiger partial charge in [-0.1, -0.05) is 12.1 Å². The van der Waals surface area contributed by atoms with E-state index in [9.17, 15) is 9.18 Å². The molecule has 0 aliphatic heterocycles. The van der Waals surface area contributed by atoms with Gasteiger partial charge in [-0.05, 0) is 49.2 Å². The predicted molar refractivity (Wildman–Crippen MR) is 92.6 cm³/mol. The third-order valence-electron chi connectivity index (χ3n) is 3.40. The van der Waals surface area contributed by atoms with E-state index < -0.39 is 0 Å². The number of hydrogen-bond donors (Lipinski definition) is 1. The fourth-order valence-corrected chi connectivity index (χ4v) is 2.11. The van der Waals surface area contributed by atoms with Crippen LogP contribution in [-0.2, 0) is 4.79 Å². The summed E-state index contributed by atoms with van der Waals surface area (Å²) in [4.78, 5) is 11.8. The monoisotopic (exact) mass is 347 g/mol. The Kier molecular flexibility index (Phi) is 7.56. The molecule has 0 unspecified atom stereocenters. The Hall–Kier alpha value is -2.76. The van der Waals surface area contributed by atoms with Crippen LogP contribution in [0.4, 0.5) is 4.39 Å². The molecule has 0 spiro atoms. The number of carbonyl (C=O) groups is 1. The average Bonchev–Trinajstić information content (AvgIpc) is 2.64. The lowest BCUT2D eigenvalue weighted by Crippen LogP contribution is -2.29. The molecule has 134 valence electrons. The Bertz CT molecular complexity index is 661. The van der Waals surface area contributed by atoms with Crippen LogP contribution in [0.5, 0.6) is 17.2 Å². The summed E-state index contributed by atoms with van der Waals surface area (Å²) in [6, 6.07) is 13.1. The number of unbranched alkanes of at least 4 members (excludes halogenated alkanes) is 1. The minimum Gasteiger partial charge on any atom is -0.494 e. The van der Waals surface area contributed by atoms with Crippen LogP contribution in [0.1, 0.15) is 12.8 Å². The molecule has 2 aromatic rings. The first-order valence-corrected chi connectivity index (χ1v) is 8.10. The maximum Gasteiger partial charge on any atom is 0.257 e. The van der Waals surface area contributed by atoms with E-state index in [0.717, 1.165) is 12.8 Å². The maximum atomic E-state index is 12.8. The Balaban J connectivity index is 1.55. The van der Waals surface area contributed by atoms with Crippen LogP contribution in [0.2, 0.25) is 0 Å². The second kappa shape index (κ2) is 10.2. The number of hydrogen-bond acceptors (Lipinski definition) is 4. The Morgan fingerprint density at radius 2 is 1.72 bits per heavy atom. The highest BCUT2D eigenvalue weighted by molar-refractivity contribution is 5.77. The van der Waals surface area contributed by atoms with Crippen LogP contribution in [0.15, 0.2) is 48.5 Å². The van der Waals surface area contributed by atoms with E-state index in [4.69, 9.17) is 14.2 Å². The number of benzene rings is 2. The Morgan fingerprint density at radius 1 is 1.00 bits per heavy atom. The van der Waals surface area contributed by atoms with Crippen molar-refractivity contribution in [3.05, 3.63) is 54.3 Å². The van der Waals surface area contributed by atoms with Crippen LogP contribution in [0.3, 0.4) is 0 Å². The molecule has 0 radical (unpaired) electrons. The van der Waals surface area contributed by atoms with Gasteiger partial charge in [0, 0.05) is 6.54 Å². The summed E-state index contributed by atoms with van der Waals surface area (Å²) in [5.74, 6) is 1.28. The van der Waals surface area contributed by atoms with Gasteiger partial charge < -0.3 is 19.5 Å². The fraction of sp³-hybridized carbons (Fsp3) is 0.316. The summed E-state index contributed by atoms with van der Waals surface area (Å²) in [5, 5.41) is 2.79. The zero-order valence-electron chi connectivity index (χ0n) is 14.2. The Labute approximate surface area is 146 Å². The lowest BCUT2D eigenvalue weighted by atomic mass is 10.3. The number of amides is 1. The molecule has 0 aliphatic rings. The smallest absolute Gasteiger partial charge is 0.257 e. The highest BCUT2D eigenvalue weighted by Crippen LogP contribution is 2.25. The van der Waals surface area contributed by atoms with Crippen molar-refractivity contribution in [2.24, 2.45) is 0 Å². The Morgan fingerprint density at radius 3 is 2.44 bits per heavy atom. The van der Waals surface area contributed by atoms with Crippen molar-refractivity contribution in [3.8, 4) is 17.2 Å². The molecule has 0 saturated carbocycles. The molecule has 25 heavy (non-hydrogen) atoms. The van der Waals surface area contributed by atoms with Crippen LogP contribution in [0, 0.1) is 5.82 Å². The van der Waals surface area contributed by atoms with Gasteiger partial charge >= 0.3 is 0 Å². The molecule has 1 N–H and O–H groups in total. The van der Waals surface area contributed by atoms with Crippen molar-refractivity contribution in [2.45, 2.75) is 12.8 Å². The SMILES string of the molecule is COc1ccccc1OCC(=O)NCCCCOc1ccc(F)cc1. The molecule has 0 fully saturated rings. The van der Waals surface area contributed by atoms with E-state index in [-0.39, 0.29) is 18.3 Å². The summed E-state index contributed by atoms with van der Waals surface area (Å²) >= 11 is 0. The summed E-state index contributed by atoms with van der Waals surface area (Å²) in [6.45, 7) is 0.993. The quantitative estimate of drug-likeness (QED) is 0.671. The van der Waals surface area contributed by atoms with E-state index in [0.29, 0.717) is 30.4 Å². The van der Waals surface area contributed by atoms with Gasteiger partial charge in [0.1, 0.15) is 11.6 Å². The van der Waals surface area contributed by atoms with Crippen LogP contribution in [0.25, 0.3) is 0 Å². The molecule has 0 aromatic heterocycles. The van der Waals surface area contributed by atoms with Gasteiger partial charge in [-0.25, -0.2) is 4.39 Å². The molecule has 0 heterocycles. The largest absolute Gasteiger partial charge is 0.494 e. The third kappa shape index (κ3) is 6.71. The van der Waals surface area contributed by atoms with Crippen molar-refractivity contribution in [1.82, 2.24) is 5.32 Å². The first-order chi connectivity index (χ1) is 12.2. The second-order valence-corrected chi connectivity index (χ2v) is 5.30. The molecule has 5 nitrogen and oxygen atoms in total. The lowest BCUT2D eigenvalue weighted by molar-refractivity contribution is -0.123. The minimum atomic E-state index is -0.287. The highest BCUT2D eigenvalue weighted by Gasteiger charge is 2.06. The van der Waals surface area contributed by atoms with Gasteiger partial charge in [0.15, 0.2) is 18.1 Å². The number of methoxy groups -OCH3 is 1. The van der Waals surface area contributed by atoms with E-state index in [2.05, 4.69) is 5.32 Å². The minimum absolute atomic E-state index is 0.0630. The molecule has 2 rings (SSSR count). The zero-order valence-corrected chi connectivity index (χ0v) is 14.2. The number of rotatable bonds is 10. The summed E-state index contributed by atoms with van der Waals surface area (Å²) in [6.07, 6.45) is 1.56. The molecule has 1 amide bonds. The molecule has 0 bridgehead atoms. The molecule has 0 saturated heterocycles. The molecule has 6 heteroatoms. The van der Waals surface area contributed by atoms with E-state index >= 15 is 0 Å². The molecular weight excluding hydrogens is 325 g/mol. The molecule has 2 aromatic carbocycles. The van der Waals surface area contributed by atoms with Crippen molar-refractivity contribution in [2.75, 3.05) is 26.9 Å². The van der Waals surface area contributed by atoms with Gasteiger partial charge in [0.25, 0.3) is 5.91 Å². The summed E-state index contributed by atoms with van der Waals surface area (Å²) in [7, 11) is 1.55. The average molecular weight is 347 g/mol. The number of halogens is 1. The second-order valence-electron chi connectivity index (χ2n) is 5.30. The topological polar surface area (TPSA) is 56.8 Å². The van der Waals surface area contributed by atoms with Gasteiger partial charge in [-0.2, -0.15) is 0 Å². The fourth-order valence-electron chi connectivity index (χ4n) is 2.11. The predicted octanol–water partition coefficient (Wildman–Crippen LogP) is 3.19. The zero-order chi connectivity index (χ0) is 17.9. The van der Waals surface area contributed by atoms with Crippen LogP contribution >= 0.6 is 0 Å². The molecular formula is C19H22FNO4. The van der Waals surface area contributed by atoms with Crippen LogP contribution < -0.4 is 19.5 Å². The summed E-state index contributed by atoms with van der Waals surface area (Å²) < 4.78 is 28.8. The first-order valence-electron chi connectivity index (χ1n) is 8.10. The number of nitrogens with one attached hydrogen (secondary N) is 1. The summed E-state index contributed by atoms with van der Waals surface area (Å²) in [5.41, 5.74) is 0. The normalized spacial score (nSPS) is 10.2. The van der Waals surface area contributed by atoms with Gasteiger partial charge in [0.05, 0.1) is 13.7 Å². The van der Waals surface area contributed by atoms with E-state index in [1.54, 1.807) is 31.4 Å². The van der Waals surface area contributed by atoms with Crippen molar-refractivity contribution in [3.63, 3.8) is 0 Å². The number of carbonyl (C=O) groups excluding carboxylic acids is 1. The van der Waals surface area contributed by atoms with Crippen molar-refractivity contribution in [1.29, 1.82) is 0 Å².